The fourth-order valence-corrected chi connectivity index (χ4v) is 10.9. The van der Waals surface area contributed by atoms with Gasteiger partial charge in [-0.15, -0.1) is 0 Å². The Kier molecular flexibility index (Phi) is 7.21. The maximum absolute atomic E-state index is 14.6. The normalized spacial score (nSPS) is 39.3. The Morgan fingerprint density at radius 2 is 1.53 bits per heavy atom. The molecule has 2 aromatic carbocycles. The number of amides is 2. The highest BCUT2D eigenvalue weighted by Gasteiger charge is 2.74. The highest BCUT2D eigenvalue weighted by molar-refractivity contribution is 6.10. The van der Waals surface area contributed by atoms with Gasteiger partial charge in [0, 0.05) is 39.6 Å². The largest absolute Gasteiger partial charge is 0.393 e. The summed E-state index contributed by atoms with van der Waals surface area (Å²) in [5.41, 5.74) is -0.232. The first-order valence-corrected chi connectivity index (χ1v) is 17.1. The second kappa shape index (κ2) is 10.7. The van der Waals surface area contributed by atoms with E-state index in [2.05, 4.69) is 44.3 Å². The number of nitrogens with one attached hydrogen (secondary N) is 1. The summed E-state index contributed by atoms with van der Waals surface area (Å²) in [7, 11) is 0. The Labute approximate surface area is 267 Å². The van der Waals surface area contributed by atoms with Gasteiger partial charge in [-0.25, -0.2) is 4.79 Å². The topological polar surface area (TPSA) is 89.9 Å². The molecule has 0 aliphatic heterocycles. The average molecular weight is 609 g/mol. The number of rotatable bonds is 7. The Hall–Kier alpha value is -3.22. The number of carbonyl (C=O) groups excluding carboxylic acids is 2. The van der Waals surface area contributed by atoms with Crippen molar-refractivity contribution in [2.24, 2.45) is 33.5 Å². The lowest BCUT2D eigenvalue weighted by molar-refractivity contribution is -0.174. The van der Waals surface area contributed by atoms with Gasteiger partial charge in [-0.1, -0.05) is 87.5 Å². The number of para-hydroxylation sites is 1. The number of anilines is 1. The van der Waals surface area contributed by atoms with Crippen molar-refractivity contribution in [1.29, 1.82) is 0 Å². The third kappa shape index (κ3) is 4.27. The predicted molar refractivity (Wildman–Crippen MR) is 177 cm³/mol. The molecule has 8 unspecified atom stereocenters. The Morgan fingerprint density at radius 3 is 2.24 bits per heavy atom. The second-order valence-electron chi connectivity index (χ2n) is 15.2. The Morgan fingerprint density at radius 1 is 0.889 bits per heavy atom. The molecular weight excluding hydrogens is 560 g/mol. The van der Waals surface area contributed by atoms with Crippen molar-refractivity contribution in [2.45, 2.75) is 83.8 Å². The first-order valence-electron chi connectivity index (χ1n) is 17.1. The molecule has 6 aliphatic carbocycles. The second-order valence-corrected chi connectivity index (χ2v) is 15.2. The zero-order chi connectivity index (χ0) is 31.7. The lowest BCUT2D eigenvalue weighted by Crippen LogP contribution is -2.67. The fraction of sp³-hybridized carbons (Fsp3) is 0.538. The molecular formula is C39H48N2O4. The maximum Gasteiger partial charge on any atom is 0.321 e. The minimum atomic E-state index is -1.09. The van der Waals surface area contributed by atoms with Gasteiger partial charge in [0.2, 0.25) is 0 Å². The molecule has 8 rings (SSSR count). The van der Waals surface area contributed by atoms with Crippen LogP contribution in [0.4, 0.5) is 10.5 Å². The molecule has 2 bridgehead atoms. The van der Waals surface area contributed by atoms with Crippen LogP contribution in [-0.2, 0) is 0 Å². The number of hydrogen-bond donors (Lipinski definition) is 3. The van der Waals surface area contributed by atoms with E-state index in [9.17, 15) is 19.8 Å². The number of carbonyl (C=O) groups is 2. The average Bonchev–Trinajstić information content (AvgIpc) is 3.31. The molecule has 0 radical (unpaired) electrons. The molecule has 6 aliphatic rings. The summed E-state index contributed by atoms with van der Waals surface area (Å²) in [5.74, 6) is 0.358. The minimum Gasteiger partial charge on any atom is -0.393 e. The monoisotopic (exact) mass is 608 g/mol. The number of nitrogens with zero attached hydrogens (tertiary/aromatic N) is 1. The van der Waals surface area contributed by atoms with Crippen LogP contribution < -0.4 is 5.32 Å². The zero-order valence-corrected chi connectivity index (χ0v) is 27.0. The molecule has 8 atom stereocenters. The number of benzene rings is 2. The molecule has 2 aromatic rings. The number of ketones is 1. The molecule has 3 fully saturated rings. The van der Waals surface area contributed by atoms with Crippen LogP contribution in [0.3, 0.4) is 0 Å². The Bertz CT molecular complexity index is 1540. The maximum atomic E-state index is 14.6. The third-order valence-corrected chi connectivity index (χ3v) is 13.3. The number of aliphatic hydroxyl groups excluding tert-OH is 1. The summed E-state index contributed by atoms with van der Waals surface area (Å²) in [5, 5.41) is 26.7. The summed E-state index contributed by atoms with van der Waals surface area (Å²) in [6.07, 6.45) is 12.8. The van der Waals surface area contributed by atoms with Gasteiger partial charge in [0.15, 0.2) is 5.78 Å². The van der Waals surface area contributed by atoms with Gasteiger partial charge >= 0.3 is 6.03 Å². The van der Waals surface area contributed by atoms with Gasteiger partial charge in [0.1, 0.15) is 0 Å². The fourth-order valence-electron chi connectivity index (χ4n) is 10.9. The van der Waals surface area contributed by atoms with Crippen molar-refractivity contribution in [1.82, 2.24) is 4.90 Å². The van der Waals surface area contributed by atoms with E-state index in [0.717, 1.165) is 49.8 Å². The highest BCUT2D eigenvalue weighted by atomic mass is 16.3. The highest BCUT2D eigenvalue weighted by Crippen LogP contribution is 2.78. The van der Waals surface area contributed by atoms with Crippen LogP contribution >= 0.6 is 0 Å². The Balaban J connectivity index is 1.29. The predicted octanol–water partition coefficient (Wildman–Crippen LogP) is 7.40. The molecule has 2 spiro atoms. The summed E-state index contributed by atoms with van der Waals surface area (Å²) in [4.78, 5) is 30.0. The standard InChI is InChI=1S/C39H48N2O4/c1-4-23-41(34(44)40-28-13-9-6-10-14-28)26-38(45)20-17-32-36(38,3)19-16-31-35(2)18-15-29(42)24-37(35)21-22-39(31,32)30(25-37)33(43)27-11-7-5-8-12-27/h5-14,21-22,25,29,31-32,42,45H,4,15-20,23-24,26H2,1-3H3,(H,40,44). The molecule has 238 valence electrons. The smallest absolute Gasteiger partial charge is 0.321 e. The molecule has 2 amide bonds. The van der Waals surface area contributed by atoms with Crippen molar-refractivity contribution in [3.8, 4) is 0 Å². The molecule has 0 aromatic heterocycles. The van der Waals surface area contributed by atoms with Crippen LogP contribution in [0.1, 0.15) is 82.5 Å². The molecule has 45 heavy (non-hydrogen) atoms. The van der Waals surface area contributed by atoms with Gasteiger partial charge in [0.05, 0.1) is 18.2 Å². The third-order valence-electron chi connectivity index (χ3n) is 13.3. The zero-order valence-electron chi connectivity index (χ0n) is 27.0. The number of hydrogen-bond acceptors (Lipinski definition) is 4. The van der Waals surface area contributed by atoms with Crippen LogP contribution in [0.15, 0.2) is 84.5 Å². The molecule has 6 nitrogen and oxygen atoms in total. The van der Waals surface area contributed by atoms with Crippen LogP contribution in [0, 0.1) is 33.5 Å². The van der Waals surface area contributed by atoms with E-state index in [1.54, 1.807) is 4.90 Å². The van der Waals surface area contributed by atoms with Crippen LogP contribution in [0.5, 0.6) is 0 Å². The van der Waals surface area contributed by atoms with Gasteiger partial charge in [0.25, 0.3) is 0 Å². The van der Waals surface area contributed by atoms with Gasteiger partial charge in [-0.05, 0) is 80.8 Å². The van der Waals surface area contributed by atoms with Crippen molar-refractivity contribution in [3.05, 3.63) is 90.0 Å². The van der Waals surface area contributed by atoms with Gasteiger partial charge < -0.3 is 20.4 Å². The van der Waals surface area contributed by atoms with E-state index in [-0.39, 0.29) is 47.1 Å². The number of urea groups is 1. The lowest BCUT2D eigenvalue weighted by Gasteiger charge is -2.71. The molecule has 3 N–H and O–H groups in total. The van der Waals surface area contributed by atoms with E-state index in [4.69, 9.17) is 0 Å². The van der Waals surface area contributed by atoms with E-state index in [1.807, 2.05) is 60.7 Å². The number of allylic oxidation sites excluding steroid dienone is 4. The summed E-state index contributed by atoms with van der Waals surface area (Å²) < 4.78 is 0. The minimum absolute atomic E-state index is 0.0477. The first-order chi connectivity index (χ1) is 21.5. The first kappa shape index (κ1) is 30.4. The van der Waals surface area contributed by atoms with E-state index in [1.165, 1.54) is 0 Å². The lowest BCUT2D eigenvalue weighted by atomic mass is 9.32. The SMILES string of the molecule is CCCN(CC1(O)CCC2C34C=CC5(C=C3C(=O)c3ccccc3)CC(O)CCC5(C)C4CCC21C)C(=O)Nc1ccccc1. The molecule has 3 saturated carbocycles. The molecule has 0 saturated heterocycles. The number of aliphatic hydroxyl groups is 2. The molecule has 6 heteroatoms. The quantitative estimate of drug-likeness (QED) is 0.226. The molecule has 0 heterocycles. The van der Waals surface area contributed by atoms with Crippen LogP contribution in [0.25, 0.3) is 0 Å². The number of fused-ring (bicyclic) bond motifs is 1. The van der Waals surface area contributed by atoms with Crippen molar-refractivity contribution in [2.75, 3.05) is 18.4 Å². The number of Topliss-reactive ketones (excluding diaryl/α,β-unsaturated/α-hetero) is 1. The van der Waals surface area contributed by atoms with E-state index < -0.39 is 16.4 Å². The van der Waals surface area contributed by atoms with Gasteiger partial charge in [-0.3, -0.25) is 4.79 Å². The summed E-state index contributed by atoms with van der Waals surface area (Å²) >= 11 is 0. The van der Waals surface area contributed by atoms with Gasteiger partial charge in [-0.2, -0.15) is 0 Å². The van der Waals surface area contributed by atoms with Crippen molar-refractivity contribution >= 4 is 17.5 Å². The van der Waals surface area contributed by atoms with Crippen molar-refractivity contribution < 1.29 is 19.8 Å². The van der Waals surface area contributed by atoms with E-state index in [0.29, 0.717) is 24.9 Å². The van der Waals surface area contributed by atoms with Crippen LogP contribution in [-0.4, -0.2) is 51.7 Å². The summed E-state index contributed by atoms with van der Waals surface area (Å²) in [6, 6.07) is 18.9. The van der Waals surface area contributed by atoms with E-state index >= 15 is 0 Å². The van der Waals surface area contributed by atoms with Crippen molar-refractivity contribution in [3.63, 3.8) is 0 Å². The summed E-state index contributed by atoms with van der Waals surface area (Å²) in [6.45, 7) is 7.51. The van der Waals surface area contributed by atoms with Crippen LogP contribution in [0.2, 0.25) is 0 Å².